The lowest BCUT2D eigenvalue weighted by Crippen LogP contribution is -2.14. The Kier molecular flexibility index (Phi) is 6.85. The van der Waals surface area contributed by atoms with Crippen LogP contribution in [0.1, 0.15) is 16.7 Å². The Morgan fingerprint density at radius 2 is 1.79 bits per heavy atom. The number of nitrogens with one attached hydrogen (secondary N) is 1. The number of nitrogens with zero attached hydrogens (tertiary/aromatic N) is 1. The molecule has 28 heavy (non-hydrogen) atoms. The van der Waals surface area contributed by atoms with Crippen LogP contribution in [0, 0.1) is 17.1 Å². The van der Waals surface area contributed by atoms with E-state index >= 15 is 0 Å². The van der Waals surface area contributed by atoms with Crippen molar-refractivity contribution >= 4 is 39.3 Å². The zero-order valence-corrected chi connectivity index (χ0v) is 17.2. The quantitative estimate of drug-likeness (QED) is 0.469. The van der Waals surface area contributed by atoms with Crippen LogP contribution in [0.3, 0.4) is 0 Å². The highest BCUT2D eigenvalue weighted by atomic mass is 79.9. The van der Waals surface area contributed by atoms with Crippen molar-refractivity contribution in [3.05, 3.63) is 93.7 Å². The predicted molar refractivity (Wildman–Crippen MR) is 114 cm³/mol. The lowest BCUT2D eigenvalue weighted by Gasteiger charge is -2.09. The Morgan fingerprint density at radius 3 is 2.43 bits per heavy atom. The van der Waals surface area contributed by atoms with Gasteiger partial charge in [0.05, 0.1) is 18.1 Å². The van der Waals surface area contributed by atoms with Crippen LogP contribution in [0.15, 0.2) is 76.1 Å². The summed E-state index contributed by atoms with van der Waals surface area (Å²) in [4.78, 5) is 13.2. The van der Waals surface area contributed by atoms with Crippen molar-refractivity contribution in [1.29, 1.82) is 5.26 Å². The minimum Gasteiger partial charge on any atom is -0.326 e. The van der Waals surface area contributed by atoms with Gasteiger partial charge in [-0.3, -0.25) is 4.79 Å². The number of nitriles is 1. The average Bonchev–Trinajstić information content (AvgIpc) is 2.69. The third-order valence-electron chi connectivity index (χ3n) is 3.99. The molecule has 0 unspecified atom stereocenters. The summed E-state index contributed by atoms with van der Waals surface area (Å²) in [6, 6.07) is 21.1. The molecule has 0 fully saturated rings. The average molecular weight is 455 g/mol. The second kappa shape index (κ2) is 9.54. The van der Waals surface area contributed by atoms with Crippen molar-refractivity contribution in [1.82, 2.24) is 0 Å². The summed E-state index contributed by atoms with van der Waals surface area (Å²) in [5, 5.41) is 11.7. The highest BCUT2D eigenvalue weighted by Crippen LogP contribution is 2.29. The lowest BCUT2D eigenvalue weighted by atomic mass is 10.1. The number of carbonyl (C=O) groups is 1. The first-order chi connectivity index (χ1) is 13.5. The molecule has 3 nitrogen and oxygen atoms in total. The van der Waals surface area contributed by atoms with Gasteiger partial charge in [-0.1, -0.05) is 34.1 Å². The van der Waals surface area contributed by atoms with Crippen LogP contribution in [0.5, 0.6) is 0 Å². The molecule has 3 rings (SSSR count). The van der Waals surface area contributed by atoms with Crippen LogP contribution >= 0.6 is 27.7 Å². The lowest BCUT2D eigenvalue weighted by molar-refractivity contribution is -0.115. The normalized spacial score (nSPS) is 10.3. The number of hydrogen-bond donors (Lipinski definition) is 1. The monoisotopic (exact) mass is 454 g/mol. The molecule has 0 spiro atoms. The van der Waals surface area contributed by atoms with E-state index in [9.17, 15) is 9.18 Å². The van der Waals surface area contributed by atoms with E-state index in [1.807, 2.05) is 18.2 Å². The highest BCUT2D eigenvalue weighted by Gasteiger charge is 2.07. The Morgan fingerprint density at radius 1 is 1.07 bits per heavy atom. The molecule has 140 valence electrons. The zero-order chi connectivity index (χ0) is 19.9. The van der Waals surface area contributed by atoms with Crippen LogP contribution in [0.2, 0.25) is 0 Å². The van der Waals surface area contributed by atoms with Crippen molar-refractivity contribution in [3.63, 3.8) is 0 Å². The smallest absolute Gasteiger partial charge is 0.228 e. The van der Waals surface area contributed by atoms with Gasteiger partial charge in [0.15, 0.2) is 0 Å². The molecule has 1 amide bonds. The maximum Gasteiger partial charge on any atom is 0.228 e. The molecule has 3 aromatic carbocycles. The van der Waals surface area contributed by atoms with Gasteiger partial charge in [0, 0.05) is 20.8 Å². The van der Waals surface area contributed by atoms with Gasteiger partial charge in [0.2, 0.25) is 5.91 Å². The molecule has 0 bridgehead atoms. The van der Waals surface area contributed by atoms with Crippen LogP contribution < -0.4 is 5.32 Å². The van der Waals surface area contributed by atoms with Crippen molar-refractivity contribution in [2.75, 3.05) is 5.32 Å². The third-order valence-corrected chi connectivity index (χ3v) is 5.79. The minimum atomic E-state index is -0.244. The second-order valence-electron chi connectivity index (χ2n) is 6.08. The summed E-state index contributed by atoms with van der Waals surface area (Å²) in [6.45, 7) is 0. The van der Waals surface area contributed by atoms with Gasteiger partial charge in [0.25, 0.3) is 0 Å². The van der Waals surface area contributed by atoms with Crippen LogP contribution in [0.25, 0.3) is 0 Å². The Bertz CT molecular complexity index is 1010. The number of thioether (sulfide) groups is 1. The number of amides is 1. The number of benzene rings is 3. The fourth-order valence-corrected chi connectivity index (χ4v) is 4.13. The van der Waals surface area contributed by atoms with Gasteiger partial charge in [0.1, 0.15) is 5.82 Å². The number of halogens is 2. The molecule has 0 saturated carbocycles. The van der Waals surface area contributed by atoms with Crippen LogP contribution in [-0.4, -0.2) is 5.91 Å². The van der Waals surface area contributed by atoms with Gasteiger partial charge >= 0.3 is 0 Å². The standard InChI is InChI=1S/C22H16BrFN2OS/c23-21-12-19(26-22(27)11-15-1-3-16(13-25)4-2-15)8-5-17(21)14-28-20-9-6-18(24)7-10-20/h1-10,12H,11,14H2,(H,26,27). The highest BCUT2D eigenvalue weighted by molar-refractivity contribution is 9.10. The molecule has 3 aromatic rings. The molecule has 0 aliphatic rings. The molecule has 0 saturated heterocycles. The Balaban J connectivity index is 1.57. The fraction of sp³-hybridized carbons (Fsp3) is 0.0909. The van der Waals surface area contributed by atoms with Gasteiger partial charge in [-0.15, -0.1) is 11.8 Å². The van der Waals surface area contributed by atoms with Crippen LogP contribution in [-0.2, 0) is 17.0 Å². The predicted octanol–water partition coefficient (Wildman–Crippen LogP) is 5.93. The van der Waals surface area contributed by atoms with Gasteiger partial charge in [-0.2, -0.15) is 5.26 Å². The zero-order valence-electron chi connectivity index (χ0n) is 14.8. The molecular formula is C22H16BrFN2OS. The van der Waals surface area contributed by atoms with E-state index in [4.69, 9.17) is 5.26 Å². The Hall–Kier alpha value is -2.62. The summed E-state index contributed by atoms with van der Waals surface area (Å²) in [7, 11) is 0. The summed E-state index contributed by atoms with van der Waals surface area (Å²) in [6.07, 6.45) is 0.242. The first kappa shape index (κ1) is 20.1. The van der Waals surface area contributed by atoms with Gasteiger partial charge in [-0.25, -0.2) is 4.39 Å². The van der Waals surface area contributed by atoms with Gasteiger partial charge < -0.3 is 5.32 Å². The maximum atomic E-state index is 13.0. The van der Waals surface area contributed by atoms with Crippen molar-refractivity contribution in [3.8, 4) is 6.07 Å². The molecule has 0 aromatic heterocycles. The molecule has 0 aliphatic carbocycles. The molecule has 0 heterocycles. The largest absolute Gasteiger partial charge is 0.326 e. The van der Waals surface area contributed by atoms with Gasteiger partial charge in [-0.05, 0) is 59.7 Å². The molecule has 0 radical (unpaired) electrons. The van der Waals surface area contributed by atoms with E-state index in [0.717, 1.165) is 26.2 Å². The van der Waals surface area contributed by atoms with Crippen molar-refractivity contribution in [2.24, 2.45) is 0 Å². The van der Waals surface area contributed by atoms with E-state index in [0.29, 0.717) is 11.3 Å². The summed E-state index contributed by atoms with van der Waals surface area (Å²) >= 11 is 5.16. The third kappa shape index (κ3) is 5.69. The van der Waals surface area contributed by atoms with E-state index in [2.05, 4.69) is 27.3 Å². The van der Waals surface area contributed by atoms with E-state index in [1.165, 1.54) is 12.1 Å². The number of rotatable bonds is 6. The Labute approximate surface area is 175 Å². The number of anilines is 1. The summed E-state index contributed by atoms with van der Waals surface area (Å²) in [5.74, 6) is 0.364. The fourth-order valence-electron chi connectivity index (χ4n) is 2.52. The summed E-state index contributed by atoms with van der Waals surface area (Å²) in [5.41, 5.74) is 3.21. The molecular weight excluding hydrogens is 439 g/mol. The number of hydrogen-bond acceptors (Lipinski definition) is 3. The first-order valence-electron chi connectivity index (χ1n) is 8.49. The van der Waals surface area contributed by atoms with E-state index < -0.39 is 0 Å². The SMILES string of the molecule is N#Cc1ccc(CC(=O)Nc2ccc(CSc3ccc(F)cc3)c(Br)c2)cc1. The van der Waals surface area contributed by atoms with Crippen LogP contribution in [0.4, 0.5) is 10.1 Å². The molecule has 0 aliphatic heterocycles. The molecule has 6 heteroatoms. The maximum absolute atomic E-state index is 13.0. The number of carbonyl (C=O) groups excluding carboxylic acids is 1. The van der Waals surface area contributed by atoms with Crippen molar-refractivity contribution in [2.45, 2.75) is 17.1 Å². The second-order valence-corrected chi connectivity index (χ2v) is 7.99. The molecule has 1 N–H and O–H groups in total. The minimum absolute atomic E-state index is 0.120. The van der Waals surface area contributed by atoms with E-state index in [-0.39, 0.29) is 18.1 Å². The van der Waals surface area contributed by atoms with Crippen molar-refractivity contribution < 1.29 is 9.18 Å². The summed E-state index contributed by atoms with van der Waals surface area (Å²) < 4.78 is 13.9. The van der Waals surface area contributed by atoms with E-state index in [1.54, 1.807) is 48.2 Å². The topological polar surface area (TPSA) is 52.9 Å². The molecule has 0 atom stereocenters. The first-order valence-corrected chi connectivity index (χ1v) is 10.3.